The highest BCUT2D eigenvalue weighted by Crippen LogP contribution is 2.34. The highest BCUT2D eigenvalue weighted by atomic mass is 32.2. The number of hydrogen-bond acceptors (Lipinski definition) is 4. The molecule has 0 aliphatic heterocycles. The second kappa shape index (κ2) is 8.27. The van der Waals surface area contributed by atoms with Crippen LogP contribution in [0.25, 0.3) is 0 Å². The zero-order chi connectivity index (χ0) is 18.6. The summed E-state index contributed by atoms with van der Waals surface area (Å²) >= 11 is 1.92. The average Bonchev–Trinajstić information content (AvgIpc) is 3.09. The summed E-state index contributed by atoms with van der Waals surface area (Å²) in [6.07, 6.45) is 6.43. The van der Waals surface area contributed by atoms with Gasteiger partial charge in [0.25, 0.3) is 5.91 Å². The zero-order valence-electron chi connectivity index (χ0n) is 14.8. The normalized spacial score (nSPS) is 15.1. The van der Waals surface area contributed by atoms with E-state index < -0.39 is 9.84 Å². The number of amides is 1. The SMILES string of the molecule is CS(=O)(=O)Cc1ccc(C(=O)Nc2ccc(SC3CCCC3)cc2)cc1. The quantitative estimate of drug-likeness (QED) is 0.789. The number of thioether (sulfide) groups is 1. The Balaban J connectivity index is 1.58. The summed E-state index contributed by atoms with van der Waals surface area (Å²) < 4.78 is 22.6. The van der Waals surface area contributed by atoms with E-state index in [2.05, 4.69) is 5.32 Å². The molecule has 2 aromatic rings. The van der Waals surface area contributed by atoms with Gasteiger partial charge >= 0.3 is 0 Å². The van der Waals surface area contributed by atoms with Crippen molar-refractivity contribution in [3.8, 4) is 0 Å². The molecule has 1 N–H and O–H groups in total. The molecule has 0 radical (unpaired) electrons. The van der Waals surface area contributed by atoms with Crippen molar-refractivity contribution < 1.29 is 13.2 Å². The molecule has 26 heavy (non-hydrogen) atoms. The van der Waals surface area contributed by atoms with Crippen molar-refractivity contribution in [2.45, 2.75) is 41.6 Å². The molecule has 138 valence electrons. The van der Waals surface area contributed by atoms with Crippen molar-refractivity contribution in [3.63, 3.8) is 0 Å². The van der Waals surface area contributed by atoms with Crippen LogP contribution in [-0.4, -0.2) is 25.8 Å². The molecule has 4 nitrogen and oxygen atoms in total. The monoisotopic (exact) mass is 389 g/mol. The number of rotatable bonds is 6. The fourth-order valence-corrected chi connectivity index (χ4v) is 5.12. The van der Waals surface area contributed by atoms with Gasteiger partial charge in [-0.3, -0.25) is 4.79 Å². The summed E-state index contributed by atoms with van der Waals surface area (Å²) in [5.41, 5.74) is 1.94. The molecule has 0 spiro atoms. The minimum Gasteiger partial charge on any atom is -0.322 e. The summed E-state index contributed by atoms with van der Waals surface area (Å²) in [6.45, 7) is 0. The second-order valence-electron chi connectivity index (χ2n) is 6.77. The predicted molar refractivity (Wildman–Crippen MR) is 107 cm³/mol. The molecule has 1 aliphatic carbocycles. The zero-order valence-corrected chi connectivity index (χ0v) is 16.4. The molecule has 6 heteroatoms. The lowest BCUT2D eigenvalue weighted by molar-refractivity contribution is 0.102. The largest absolute Gasteiger partial charge is 0.322 e. The van der Waals surface area contributed by atoms with Gasteiger partial charge in [0.05, 0.1) is 5.75 Å². The van der Waals surface area contributed by atoms with Gasteiger partial charge in [-0.1, -0.05) is 25.0 Å². The molecule has 1 aliphatic rings. The average molecular weight is 390 g/mol. The van der Waals surface area contributed by atoms with Crippen molar-refractivity contribution >= 4 is 33.2 Å². The van der Waals surface area contributed by atoms with Gasteiger partial charge < -0.3 is 5.32 Å². The van der Waals surface area contributed by atoms with E-state index in [4.69, 9.17) is 0 Å². The van der Waals surface area contributed by atoms with Crippen LogP contribution in [0.4, 0.5) is 5.69 Å². The van der Waals surface area contributed by atoms with E-state index in [9.17, 15) is 13.2 Å². The molecular formula is C20H23NO3S2. The number of carbonyl (C=O) groups excluding carboxylic acids is 1. The van der Waals surface area contributed by atoms with E-state index in [1.54, 1.807) is 24.3 Å². The van der Waals surface area contributed by atoms with Gasteiger partial charge in [0.15, 0.2) is 9.84 Å². The summed E-state index contributed by atoms with van der Waals surface area (Å²) in [5.74, 6) is -0.221. The first-order valence-corrected chi connectivity index (χ1v) is 11.7. The van der Waals surface area contributed by atoms with E-state index in [1.807, 2.05) is 36.0 Å². The smallest absolute Gasteiger partial charge is 0.255 e. The van der Waals surface area contributed by atoms with Crippen LogP contribution in [0.15, 0.2) is 53.4 Å². The Morgan fingerprint density at radius 2 is 1.65 bits per heavy atom. The molecule has 3 rings (SSSR count). The van der Waals surface area contributed by atoms with Gasteiger partial charge in [0.2, 0.25) is 0 Å². The Morgan fingerprint density at radius 1 is 1.04 bits per heavy atom. The van der Waals surface area contributed by atoms with Crippen molar-refractivity contribution in [3.05, 3.63) is 59.7 Å². The molecule has 0 heterocycles. The van der Waals surface area contributed by atoms with Crippen molar-refractivity contribution in [1.29, 1.82) is 0 Å². The molecule has 0 bridgehead atoms. The Kier molecular flexibility index (Phi) is 6.04. The number of nitrogens with one attached hydrogen (secondary N) is 1. The summed E-state index contributed by atoms with van der Waals surface area (Å²) in [6, 6.07) is 14.6. The highest BCUT2D eigenvalue weighted by molar-refractivity contribution is 8.00. The minimum absolute atomic E-state index is 0.0188. The molecule has 2 aromatic carbocycles. The van der Waals surface area contributed by atoms with E-state index in [0.717, 1.165) is 10.9 Å². The van der Waals surface area contributed by atoms with E-state index in [-0.39, 0.29) is 11.7 Å². The van der Waals surface area contributed by atoms with Gasteiger partial charge in [0.1, 0.15) is 0 Å². The van der Waals surface area contributed by atoms with Crippen LogP contribution in [0.2, 0.25) is 0 Å². The van der Waals surface area contributed by atoms with E-state index in [0.29, 0.717) is 11.1 Å². The fourth-order valence-electron chi connectivity index (χ4n) is 3.07. The van der Waals surface area contributed by atoms with Crippen molar-refractivity contribution in [2.24, 2.45) is 0 Å². The first kappa shape index (κ1) is 19.0. The Hall–Kier alpha value is -1.79. The maximum atomic E-state index is 12.3. The third kappa shape index (κ3) is 5.61. The molecule has 1 fully saturated rings. The van der Waals surface area contributed by atoms with Gasteiger partial charge in [0, 0.05) is 27.7 Å². The Labute approximate surface area is 159 Å². The molecular weight excluding hydrogens is 366 g/mol. The lowest BCUT2D eigenvalue weighted by Gasteiger charge is -2.10. The number of benzene rings is 2. The molecule has 1 amide bonds. The summed E-state index contributed by atoms with van der Waals surface area (Å²) in [4.78, 5) is 13.6. The van der Waals surface area contributed by atoms with Gasteiger partial charge in [-0.15, -0.1) is 11.8 Å². The molecule has 0 atom stereocenters. The van der Waals surface area contributed by atoms with Crippen LogP contribution in [0, 0.1) is 0 Å². The number of sulfone groups is 1. The highest BCUT2D eigenvalue weighted by Gasteiger charge is 2.16. The van der Waals surface area contributed by atoms with Crippen LogP contribution in [0.5, 0.6) is 0 Å². The number of hydrogen-bond donors (Lipinski definition) is 1. The lowest BCUT2D eigenvalue weighted by Crippen LogP contribution is -2.12. The number of anilines is 1. The topological polar surface area (TPSA) is 63.2 Å². The third-order valence-electron chi connectivity index (χ3n) is 4.36. The van der Waals surface area contributed by atoms with Gasteiger partial charge in [-0.2, -0.15) is 0 Å². The van der Waals surface area contributed by atoms with Crippen LogP contribution in [0.3, 0.4) is 0 Å². The number of carbonyl (C=O) groups is 1. The summed E-state index contributed by atoms with van der Waals surface area (Å²) in [7, 11) is -3.07. The van der Waals surface area contributed by atoms with Gasteiger partial charge in [-0.25, -0.2) is 8.42 Å². The standard InChI is InChI=1S/C20H23NO3S2/c1-26(23,24)14-15-6-8-16(9-7-15)20(22)21-17-10-12-19(13-11-17)25-18-4-2-3-5-18/h6-13,18H,2-5,14H2,1H3,(H,21,22). The first-order valence-electron chi connectivity index (χ1n) is 8.74. The van der Waals surface area contributed by atoms with Crippen LogP contribution in [0.1, 0.15) is 41.6 Å². The minimum atomic E-state index is -3.07. The van der Waals surface area contributed by atoms with Crippen molar-refractivity contribution in [2.75, 3.05) is 11.6 Å². The maximum absolute atomic E-state index is 12.3. The second-order valence-corrected chi connectivity index (χ2v) is 10.3. The molecule has 0 aromatic heterocycles. The fraction of sp³-hybridized carbons (Fsp3) is 0.350. The first-order chi connectivity index (χ1) is 12.4. The van der Waals surface area contributed by atoms with E-state index in [1.165, 1.54) is 36.8 Å². The van der Waals surface area contributed by atoms with Crippen LogP contribution < -0.4 is 5.32 Å². The van der Waals surface area contributed by atoms with Crippen LogP contribution in [-0.2, 0) is 15.6 Å². The summed E-state index contributed by atoms with van der Waals surface area (Å²) in [5, 5.41) is 3.60. The Bertz CT molecular complexity index is 853. The molecule has 1 saturated carbocycles. The lowest BCUT2D eigenvalue weighted by atomic mass is 10.1. The maximum Gasteiger partial charge on any atom is 0.255 e. The van der Waals surface area contributed by atoms with Gasteiger partial charge in [-0.05, 0) is 54.8 Å². The van der Waals surface area contributed by atoms with Crippen LogP contribution >= 0.6 is 11.8 Å². The third-order valence-corrected chi connectivity index (χ3v) is 6.57. The Morgan fingerprint density at radius 3 is 2.23 bits per heavy atom. The predicted octanol–water partition coefficient (Wildman–Crippen LogP) is 4.52. The van der Waals surface area contributed by atoms with Crippen molar-refractivity contribution in [1.82, 2.24) is 0 Å². The molecule has 0 saturated heterocycles. The molecule has 0 unspecified atom stereocenters. The van der Waals surface area contributed by atoms with E-state index >= 15 is 0 Å².